The van der Waals surface area contributed by atoms with Gasteiger partial charge in [0.1, 0.15) is 29.6 Å². The summed E-state index contributed by atoms with van der Waals surface area (Å²) >= 11 is 0. The molecule has 0 fully saturated rings. The van der Waals surface area contributed by atoms with Crippen molar-refractivity contribution in [1.82, 2.24) is 0 Å². The number of halogens is 17. The van der Waals surface area contributed by atoms with E-state index in [1.165, 1.54) is 25.0 Å². The standard InChI is InChI=1S/C18H22O2.C16H14O3.C14H12O2.C5H7F5O2.C2H2F4.CF4.CH2F2O.CH2F2/c1-5-18(2,14-6-10-16(19-3)11-7-14)15-8-12-17(20-4)13-9-15;1-11(17)13-3-7-15(8-4-13)19-16-9-5-14(6-10-16)12(2)18;1-9(15)11-3-5-14-8-12(10(2)16)4-6-13(14)7-11;1-11-2-4(7,12-3-6)5(8,9)10;3-1-2(4,5)6;2-1(3,4)5;2-1-4-3;2-1-3/h6-13H,5H2,1-4H3;3-10H,1-2H3;3-8H,1-2H3;2-3H2,1H3;1H2;;1H2;1H2. The second-order valence-electron chi connectivity index (χ2n) is 16.7. The van der Waals surface area contributed by atoms with Crippen molar-refractivity contribution in [2.75, 3.05) is 55.3 Å². The number of ketones is 4. The highest BCUT2D eigenvalue weighted by Gasteiger charge is 2.58. The molecule has 0 aliphatic heterocycles. The number of alkyl halides is 16. The molecule has 27 heteroatoms. The first kappa shape index (κ1) is 79.4. The van der Waals surface area contributed by atoms with Crippen LogP contribution in [0.1, 0.15) is 101 Å². The van der Waals surface area contributed by atoms with Gasteiger partial charge in [-0.3, -0.25) is 19.2 Å². The molecule has 0 spiro atoms. The van der Waals surface area contributed by atoms with Crippen LogP contribution < -0.4 is 14.2 Å². The Morgan fingerprint density at radius 2 is 0.741 bits per heavy atom. The van der Waals surface area contributed by atoms with Gasteiger partial charge in [-0.05, 0) is 145 Å². The lowest BCUT2D eigenvalue weighted by Gasteiger charge is -2.30. The Hall–Kier alpha value is -7.65. The van der Waals surface area contributed by atoms with Crippen LogP contribution in [0.4, 0.5) is 74.8 Å². The Morgan fingerprint density at radius 1 is 0.459 bits per heavy atom. The van der Waals surface area contributed by atoms with E-state index < -0.39 is 58.6 Å². The van der Waals surface area contributed by atoms with E-state index in [1.54, 1.807) is 88.7 Å². The van der Waals surface area contributed by atoms with Gasteiger partial charge >= 0.3 is 24.6 Å². The van der Waals surface area contributed by atoms with Crippen LogP contribution in [-0.4, -0.2) is 103 Å². The molecule has 0 aliphatic rings. The van der Waals surface area contributed by atoms with Gasteiger partial charge in [-0.1, -0.05) is 62.4 Å². The van der Waals surface area contributed by atoms with Gasteiger partial charge in [0.05, 0.1) is 14.2 Å². The predicted octanol–water partition coefficient (Wildman–Crippen LogP) is 18.0. The summed E-state index contributed by atoms with van der Waals surface area (Å²) in [5.41, 5.74) is 5.29. The number of methoxy groups -OCH3 is 3. The molecule has 85 heavy (non-hydrogen) atoms. The summed E-state index contributed by atoms with van der Waals surface area (Å²) in [5.74, 6) is -0.814. The number of ether oxygens (including phenoxy) is 5. The molecule has 472 valence electrons. The van der Waals surface area contributed by atoms with Crippen molar-refractivity contribution in [3.63, 3.8) is 0 Å². The Bertz CT molecular complexity index is 2680. The van der Waals surface area contributed by atoms with Crippen molar-refractivity contribution in [2.45, 2.75) is 78.0 Å². The van der Waals surface area contributed by atoms with Crippen LogP contribution in [-0.2, 0) is 19.8 Å². The summed E-state index contributed by atoms with van der Waals surface area (Å²) in [4.78, 5) is 47.1. The van der Waals surface area contributed by atoms with Crippen molar-refractivity contribution < 1.29 is 123 Å². The highest BCUT2D eigenvalue weighted by molar-refractivity contribution is 6.01. The van der Waals surface area contributed by atoms with Crippen LogP contribution in [0.15, 0.2) is 133 Å². The Balaban J connectivity index is 0. The van der Waals surface area contributed by atoms with Gasteiger partial charge in [0.2, 0.25) is 13.8 Å². The van der Waals surface area contributed by atoms with Crippen molar-refractivity contribution in [3.8, 4) is 23.0 Å². The number of benzene rings is 6. The van der Waals surface area contributed by atoms with E-state index in [9.17, 15) is 94.0 Å². The summed E-state index contributed by atoms with van der Waals surface area (Å²) in [5, 5.41) is 1.97. The third kappa shape index (κ3) is 32.3. The zero-order valence-electron chi connectivity index (χ0n) is 47.0. The normalized spacial score (nSPS) is 11.4. The summed E-state index contributed by atoms with van der Waals surface area (Å²) in [6.45, 7) is 2.06. The van der Waals surface area contributed by atoms with Crippen molar-refractivity contribution in [1.29, 1.82) is 0 Å². The van der Waals surface area contributed by atoms with Crippen molar-refractivity contribution in [2.24, 2.45) is 0 Å². The molecular weight excluding hydrogens is 1180 g/mol. The molecule has 1 unspecified atom stereocenters. The zero-order valence-corrected chi connectivity index (χ0v) is 47.0. The van der Waals surface area contributed by atoms with Gasteiger partial charge in [-0.2, -0.15) is 35.7 Å². The highest BCUT2D eigenvalue weighted by atomic mass is 19.5. The van der Waals surface area contributed by atoms with Gasteiger partial charge in [0.25, 0.3) is 0 Å². The second-order valence-corrected chi connectivity index (χ2v) is 16.7. The Morgan fingerprint density at radius 3 is 0.953 bits per heavy atom. The van der Waals surface area contributed by atoms with E-state index in [-0.39, 0.29) is 28.5 Å². The van der Waals surface area contributed by atoms with E-state index in [0.717, 1.165) is 35.8 Å². The lowest BCUT2D eigenvalue weighted by molar-refractivity contribution is -0.352. The largest absolute Gasteiger partial charge is 0.559 e. The summed E-state index contributed by atoms with van der Waals surface area (Å²) < 4.78 is 202. The van der Waals surface area contributed by atoms with Crippen LogP contribution in [0.5, 0.6) is 23.0 Å². The van der Waals surface area contributed by atoms with E-state index in [2.05, 4.69) is 52.5 Å². The molecule has 0 aliphatic carbocycles. The van der Waals surface area contributed by atoms with Crippen LogP contribution in [0.2, 0.25) is 0 Å². The molecule has 6 aromatic carbocycles. The van der Waals surface area contributed by atoms with Crippen molar-refractivity contribution in [3.05, 3.63) is 167 Å². The molecule has 0 saturated heterocycles. The minimum Gasteiger partial charge on any atom is -0.497 e. The minimum absolute atomic E-state index is 0.00145. The molecule has 0 radical (unpaired) electrons. The molecule has 0 saturated carbocycles. The lowest BCUT2D eigenvalue weighted by Crippen LogP contribution is -2.47. The smallest absolute Gasteiger partial charge is 0.497 e. The predicted molar refractivity (Wildman–Crippen MR) is 283 cm³/mol. The van der Waals surface area contributed by atoms with Gasteiger partial charge in [-0.15, -0.1) is 17.6 Å². The van der Waals surface area contributed by atoms with Gasteiger partial charge in [0.15, 0.2) is 36.7 Å². The minimum atomic E-state index is -5.50. The second kappa shape index (κ2) is 39.8. The van der Waals surface area contributed by atoms with E-state index >= 15 is 0 Å². The molecule has 1 atom stereocenters. The van der Waals surface area contributed by atoms with Crippen LogP contribution in [0, 0.1) is 0 Å². The number of Topliss-reactive ketones (excluding diaryl/α,β-unsaturated/α-hetero) is 4. The summed E-state index contributed by atoms with van der Waals surface area (Å²) in [7, 11) is 4.23. The third-order valence-corrected chi connectivity index (χ3v) is 10.8. The van der Waals surface area contributed by atoms with Crippen LogP contribution in [0.3, 0.4) is 0 Å². The SMILES string of the molecule is CC(=O)c1ccc(Oc2ccc(C(C)=O)cc2)cc1.CC(=O)c1ccc2cc(C(C)=O)ccc2c1.CCC(C)(c1ccc(OC)cc1)c1ccc(OC)cc1.COCC(F)(OCF)C(F)(F)F.FC(F)(F)F.FCC(F)(F)F.FCF.FCOF. The average Bonchev–Trinajstić information content (AvgIpc) is 3.65. The average molecular weight is 1240 g/mol. The quantitative estimate of drug-likeness (QED) is 0.0683. The fourth-order valence-corrected chi connectivity index (χ4v) is 6.31. The molecule has 0 aromatic heterocycles. The fraction of sp³-hybridized carbons (Fsp3) is 0.345. The topological polar surface area (TPSA) is 124 Å². The first-order valence-corrected chi connectivity index (χ1v) is 24.0. The van der Waals surface area contributed by atoms with Gasteiger partial charge in [-0.25, -0.2) is 22.0 Å². The molecule has 0 heterocycles. The van der Waals surface area contributed by atoms with Crippen LogP contribution >= 0.6 is 0 Å². The van der Waals surface area contributed by atoms with E-state index in [4.69, 9.17) is 14.2 Å². The molecule has 0 bridgehead atoms. The number of rotatable bonds is 16. The number of carbonyl (C=O) groups excluding carboxylic acids is 4. The van der Waals surface area contributed by atoms with Gasteiger partial charge in [0, 0.05) is 34.8 Å². The number of hydrogen-bond donors (Lipinski definition) is 0. The lowest BCUT2D eigenvalue weighted by atomic mass is 9.74. The van der Waals surface area contributed by atoms with Crippen LogP contribution in [0.25, 0.3) is 10.8 Å². The first-order chi connectivity index (χ1) is 39.5. The summed E-state index contributed by atoms with van der Waals surface area (Å²) in [6.07, 6.45) is -14.4. The fourth-order valence-electron chi connectivity index (χ4n) is 6.31. The number of fused-ring (bicyclic) bond motifs is 1. The number of hydrogen-bond acceptors (Lipinski definition) is 10. The maximum Gasteiger partial charge on any atom is 0.559 e. The maximum atomic E-state index is 12.6. The third-order valence-electron chi connectivity index (χ3n) is 10.8. The molecule has 6 rings (SSSR count). The highest BCUT2D eigenvalue weighted by Crippen LogP contribution is 2.37. The molecular formula is C58H61F17O10. The van der Waals surface area contributed by atoms with E-state index in [0.29, 0.717) is 33.8 Å². The number of carbonyl (C=O) groups is 4. The molecule has 10 nitrogen and oxygen atoms in total. The van der Waals surface area contributed by atoms with Crippen molar-refractivity contribution >= 4 is 33.9 Å². The first-order valence-electron chi connectivity index (χ1n) is 24.0. The molecule has 6 aromatic rings. The Kier molecular flexibility index (Phi) is 37.2. The Labute approximate surface area is 478 Å². The monoisotopic (exact) mass is 1240 g/mol. The maximum absolute atomic E-state index is 12.6. The molecule has 0 N–H and O–H groups in total. The zero-order chi connectivity index (χ0) is 65.8. The van der Waals surface area contributed by atoms with Gasteiger partial charge < -0.3 is 23.7 Å². The summed E-state index contributed by atoms with van der Waals surface area (Å²) in [6, 6.07) is 41.6. The van der Waals surface area contributed by atoms with E-state index in [1.807, 2.05) is 48.5 Å². The molecule has 0 amide bonds.